The van der Waals surface area contributed by atoms with E-state index >= 15 is 0 Å². The van der Waals surface area contributed by atoms with E-state index in [1.807, 2.05) is 0 Å². The molecule has 14 heteroatoms. The molecular weight excluding hydrogens is 453 g/mol. The third-order valence-electron chi connectivity index (χ3n) is 5.55. The smallest absolute Gasteiger partial charge is 0.383 e. The van der Waals surface area contributed by atoms with Crippen molar-refractivity contribution in [1.82, 2.24) is 19.7 Å². The number of carbonyl (C=O) groups is 2. The molecule has 2 aromatic heterocycles. The van der Waals surface area contributed by atoms with Gasteiger partial charge in [0.1, 0.15) is 11.6 Å². The molecule has 1 aliphatic heterocycles. The number of hydrogen-bond acceptors (Lipinski definition) is 6. The number of nitrogens with two attached hydrogens (primary N) is 2. The third-order valence-corrected chi connectivity index (χ3v) is 5.55. The van der Waals surface area contributed by atoms with Crippen molar-refractivity contribution in [1.29, 1.82) is 0 Å². The van der Waals surface area contributed by atoms with Crippen LogP contribution >= 0.6 is 0 Å². The molecule has 0 saturated heterocycles. The van der Waals surface area contributed by atoms with E-state index in [2.05, 4.69) is 20.4 Å². The Balaban J connectivity index is 1.80. The second kappa shape index (κ2) is 7.08. The lowest BCUT2D eigenvalue weighted by atomic mass is 9.84. The summed E-state index contributed by atoms with van der Waals surface area (Å²) < 4.78 is 65.7. The monoisotopic (exact) mass is 469 g/mol. The van der Waals surface area contributed by atoms with Crippen LogP contribution in [0.3, 0.4) is 0 Å². The Bertz CT molecular complexity index is 1300. The molecule has 0 spiro atoms. The van der Waals surface area contributed by atoms with Crippen LogP contribution in [-0.2, 0) is 21.4 Å². The summed E-state index contributed by atoms with van der Waals surface area (Å²) in [6.07, 6.45) is -7.87. The number of primary amides is 1. The third kappa shape index (κ3) is 3.32. The highest BCUT2D eigenvalue weighted by Crippen LogP contribution is 2.41. The fourth-order valence-electron chi connectivity index (χ4n) is 3.61. The Morgan fingerprint density at radius 2 is 1.85 bits per heavy atom. The van der Waals surface area contributed by atoms with Gasteiger partial charge in [0.05, 0.1) is 16.8 Å². The normalized spacial score (nSPS) is 18.4. The first-order chi connectivity index (χ1) is 15.3. The first-order valence-corrected chi connectivity index (χ1v) is 9.48. The predicted octanol–water partition coefficient (Wildman–Crippen LogP) is 2.22. The molecule has 9 nitrogen and oxygen atoms in total. The van der Waals surface area contributed by atoms with Crippen LogP contribution in [0.2, 0.25) is 0 Å². The number of benzene rings is 1. The highest BCUT2D eigenvalue weighted by molar-refractivity contribution is 6.20. The molecule has 1 aromatic carbocycles. The molecule has 1 atom stereocenters. The van der Waals surface area contributed by atoms with Gasteiger partial charge in [0.2, 0.25) is 11.8 Å². The van der Waals surface area contributed by atoms with Gasteiger partial charge in [-0.2, -0.15) is 41.7 Å². The Morgan fingerprint density at radius 3 is 2.48 bits per heavy atom. The van der Waals surface area contributed by atoms with Gasteiger partial charge in [0, 0.05) is 11.8 Å². The lowest BCUT2D eigenvalue weighted by molar-refractivity contribution is -0.284. The fourth-order valence-corrected chi connectivity index (χ4v) is 3.61. The van der Waals surface area contributed by atoms with Gasteiger partial charge in [-0.15, -0.1) is 0 Å². The number of hydrogen-bond donors (Lipinski definition) is 3. The number of nitrogens with zero attached hydrogens (tertiary/aromatic N) is 4. The number of carbonyl (C=O) groups excluding carboxylic acids is 2. The van der Waals surface area contributed by atoms with Gasteiger partial charge in [-0.05, 0) is 19.4 Å². The minimum absolute atomic E-state index is 0.0229. The fraction of sp³-hybridized carbons (Fsp3) is 0.316. The quantitative estimate of drug-likeness (QED) is 0.387. The van der Waals surface area contributed by atoms with E-state index in [0.717, 1.165) is 4.68 Å². The van der Waals surface area contributed by atoms with Crippen molar-refractivity contribution in [3.05, 3.63) is 35.5 Å². The minimum Gasteiger partial charge on any atom is -0.383 e. The van der Waals surface area contributed by atoms with E-state index in [-0.39, 0.29) is 28.8 Å². The second-order valence-corrected chi connectivity index (χ2v) is 7.65. The molecule has 174 valence electrons. The molecule has 4 rings (SSSR count). The summed E-state index contributed by atoms with van der Waals surface area (Å²) in [7, 11) is 0. The van der Waals surface area contributed by atoms with E-state index in [1.165, 1.54) is 19.1 Å². The molecule has 33 heavy (non-hydrogen) atoms. The molecular formula is C19H16F5N7O2. The molecule has 5 N–H and O–H groups in total. The lowest BCUT2D eigenvalue weighted by Gasteiger charge is -2.18. The lowest BCUT2D eigenvalue weighted by Crippen LogP contribution is -2.44. The number of alkyl halides is 5. The van der Waals surface area contributed by atoms with Crippen molar-refractivity contribution in [2.75, 3.05) is 11.1 Å². The average Bonchev–Trinajstić information content (AvgIpc) is 3.21. The molecule has 3 heterocycles. The zero-order chi connectivity index (χ0) is 24.3. The summed E-state index contributed by atoms with van der Waals surface area (Å²) in [4.78, 5) is 32.5. The molecule has 0 bridgehead atoms. The Hall–Kier alpha value is -3.84. The maximum atomic E-state index is 13.4. The maximum Gasteiger partial charge on any atom is 0.453 e. The standard InChI is InChI=1S/C19H16F5N7O2/c1-17(14(26)32)11-12(25)27-16(29-13(11)28-15(17)33)31-10-5-3-2-4-8(10)9(30-31)6-7-18(20,21)19(22,23)24/h2-5H,6-7H2,1H3,(H2,26,32)(H3,25,27,28,29,33). The molecule has 0 radical (unpaired) electrons. The van der Waals surface area contributed by atoms with Crippen LogP contribution in [0.5, 0.6) is 0 Å². The maximum absolute atomic E-state index is 13.4. The Labute approximate surface area is 182 Å². The predicted molar refractivity (Wildman–Crippen MR) is 106 cm³/mol. The van der Waals surface area contributed by atoms with Gasteiger partial charge in [-0.1, -0.05) is 18.2 Å². The highest BCUT2D eigenvalue weighted by atomic mass is 19.4. The largest absolute Gasteiger partial charge is 0.453 e. The SMILES string of the molecule is CC1(C(N)=O)C(=O)Nc2nc(-n3nc(CCC(F)(F)C(F)(F)F)c4ccccc43)nc(N)c21. The zero-order valence-electron chi connectivity index (χ0n) is 16.9. The summed E-state index contributed by atoms with van der Waals surface area (Å²) in [5.74, 6) is -7.16. The van der Waals surface area contributed by atoms with Gasteiger partial charge in [-0.25, -0.2) is 0 Å². The molecule has 1 unspecified atom stereocenters. The average molecular weight is 469 g/mol. The van der Waals surface area contributed by atoms with E-state index in [9.17, 15) is 31.5 Å². The van der Waals surface area contributed by atoms with Crippen LogP contribution in [0.15, 0.2) is 24.3 Å². The van der Waals surface area contributed by atoms with Crippen LogP contribution in [0.4, 0.5) is 33.6 Å². The number of aryl methyl sites for hydroxylation is 1. The van der Waals surface area contributed by atoms with E-state index in [1.54, 1.807) is 12.1 Å². The van der Waals surface area contributed by atoms with Gasteiger partial charge in [0.15, 0.2) is 5.41 Å². The number of rotatable bonds is 5. The minimum atomic E-state index is -5.69. The van der Waals surface area contributed by atoms with Crippen LogP contribution < -0.4 is 16.8 Å². The molecule has 3 aromatic rings. The summed E-state index contributed by atoms with van der Waals surface area (Å²) in [6.45, 7) is 1.26. The number of amides is 2. The summed E-state index contributed by atoms with van der Waals surface area (Å²) in [5, 5.41) is 6.84. The van der Waals surface area contributed by atoms with Crippen LogP contribution in [-0.4, -0.2) is 43.7 Å². The van der Waals surface area contributed by atoms with Gasteiger partial charge in [0.25, 0.3) is 5.95 Å². The summed E-state index contributed by atoms with van der Waals surface area (Å²) in [5.41, 5.74) is 9.79. The molecule has 1 aliphatic rings. The number of halogens is 5. The second-order valence-electron chi connectivity index (χ2n) is 7.65. The van der Waals surface area contributed by atoms with E-state index in [0.29, 0.717) is 10.9 Å². The number of nitrogens with one attached hydrogen (secondary N) is 1. The topological polar surface area (TPSA) is 142 Å². The summed E-state index contributed by atoms with van der Waals surface area (Å²) >= 11 is 0. The van der Waals surface area contributed by atoms with Gasteiger partial charge >= 0.3 is 12.1 Å². The summed E-state index contributed by atoms with van der Waals surface area (Å²) in [6, 6.07) is 6.20. The number of nitrogen functional groups attached to an aromatic ring is 1. The highest BCUT2D eigenvalue weighted by Gasteiger charge is 2.56. The molecule has 0 saturated carbocycles. The number of fused-ring (bicyclic) bond motifs is 2. The first kappa shape index (κ1) is 22.4. The van der Waals surface area contributed by atoms with E-state index in [4.69, 9.17) is 11.5 Å². The van der Waals surface area contributed by atoms with E-state index < -0.39 is 42.2 Å². The van der Waals surface area contributed by atoms with Crippen molar-refractivity contribution in [3.8, 4) is 5.95 Å². The van der Waals surface area contributed by atoms with Gasteiger partial charge < -0.3 is 16.8 Å². The number of anilines is 2. The molecule has 0 aliphatic carbocycles. The van der Waals surface area contributed by atoms with Crippen molar-refractivity contribution in [2.45, 2.75) is 37.3 Å². The number of para-hydroxylation sites is 1. The van der Waals surface area contributed by atoms with Crippen molar-refractivity contribution >= 4 is 34.4 Å². The molecule has 0 fully saturated rings. The first-order valence-electron chi connectivity index (χ1n) is 9.48. The van der Waals surface area contributed by atoms with Crippen molar-refractivity contribution in [2.24, 2.45) is 5.73 Å². The Kier molecular flexibility index (Phi) is 4.80. The van der Waals surface area contributed by atoms with Crippen LogP contribution in [0.25, 0.3) is 16.9 Å². The number of aromatic nitrogens is 4. The molecule has 2 amide bonds. The Morgan fingerprint density at radius 1 is 1.18 bits per heavy atom. The zero-order valence-corrected chi connectivity index (χ0v) is 16.9. The van der Waals surface area contributed by atoms with Crippen LogP contribution in [0, 0.1) is 0 Å². The van der Waals surface area contributed by atoms with Crippen molar-refractivity contribution in [3.63, 3.8) is 0 Å². The van der Waals surface area contributed by atoms with Gasteiger partial charge in [-0.3, -0.25) is 9.59 Å². The van der Waals surface area contributed by atoms with Crippen LogP contribution in [0.1, 0.15) is 24.6 Å². The van der Waals surface area contributed by atoms with Crippen molar-refractivity contribution < 1.29 is 31.5 Å².